The van der Waals surface area contributed by atoms with Crippen molar-refractivity contribution in [1.29, 1.82) is 0 Å². The van der Waals surface area contributed by atoms with Gasteiger partial charge in [-0.2, -0.15) is 4.31 Å². The molecule has 1 amide bonds. The van der Waals surface area contributed by atoms with Gasteiger partial charge in [0.05, 0.1) is 32.3 Å². The Balaban J connectivity index is 1.88. The average molecular weight is 420 g/mol. The summed E-state index contributed by atoms with van der Waals surface area (Å²) in [5.74, 6) is 0.622. The highest BCUT2D eigenvalue weighted by Gasteiger charge is 2.28. The van der Waals surface area contributed by atoms with Crippen molar-refractivity contribution in [3.05, 3.63) is 47.5 Å². The number of morpholine rings is 1. The molecule has 1 aliphatic rings. The zero-order chi connectivity index (χ0) is 21.0. The second-order valence-corrected chi connectivity index (χ2v) is 8.46. The molecule has 2 aromatic rings. The number of methoxy groups -OCH3 is 2. The highest BCUT2D eigenvalue weighted by atomic mass is 32.2. The number of aryl methyl sites for hydroxylation is 1. The number of rotatable bonds is 6. The van der Waals surface area contributed by atoms with E-state index in [1.54, 1.807) is 37.3 Å². The molecular formula is C20H24N2O6S. The fraction of sp³-hybridized carbons (Fsp3) is 0.350. The Bertz CT molecular complexity index is 978. The van der Waals surface area contributed by atoms with Crippen molar-refractivity contribution < 1.29 is 27.4 Å². The first-order chi connectivity index (χ1) is 13.8. The molecule has 1 fully saturated rings. The standard InChI is InChI=1S/C20H24N2O6S/c1-14-4-5-15(10-19(14)29(24,25)22-6-8-28-9-7-22)20(23)21-16-11-17(26-2)13-18(12-16)27-3/h4-5,10-13H,6-9H2,1-3H3,(H,21,23). The Hall–Kier alpha value is -2.62. The van der Waals surface area contributed by atoms with E-state index < -0.39 is 15.9 Å². The Morgan fingerprint density at radius 2 is 1.66 bits per heavy atom. The zero-order valence-electron chi connectivity index (χ0n) is 16.6. The van der Waals surface area contributed by atoms with Crippen LogP contribution in [0, 0.1) is 6.92 Å². The fourth-order valence-corrected chi connectivity index (χ4v) is 4.69. The summed E-state index contributed by atoms with van der Waals surface area (Å²) < 4.78 is 43.1. The van der Waals surface area contributed by atoms with Gasteiger partial charge in [-0.05, 0) is 24.6 Å². The lowest BCUT2D eigenvalue weighted by molar-refractivity contribution is 0.0730. The molecule has 0 bridgehead atoms. The summed E-state index contributed by atoms with van der Waals surface area (Å²) in [6.45, 7) is 3.01. The van der Waals surface area contributed by atoms with Crippen LogP contribution in [0.1, 0.15) is 15.9 Å². The molecule has 8 nitrogen and oxygen atoms in total. The molecule has 3 rings (SSSR count). The Labute approximate surface area is 170 Å². The van der Waals surface area contributed by atoms with E-state index in [4.69, 9.17) is 14.2 Å². The molecule has 1 N–H and O–H groups in total. The van der Waals surface area contributed by atoms with Crippen LogP contribution in [0.25, 0.3) is 0 Å². The predicted molar refractivity (Wildman–Crippen MR) is 108 cm³/mol. The van der Waals surface area contributed by atoms with Crippen molar-refractivity contribution in [2.45, 2.75) is 11.8 Å². The second-order valence-electron chi connectivity index (χ2n) is 6.55. The number of carbonyl (C=O) groups is 1. The number of amides is 1. The van der Waals surface area contributed by atoms with Crippen LogP contribution in [0.2, 0.25) is 0 Å². The molecule has 1 saturated heterocycles. The van der Waals surface area contributed by atoms with Gasteiger partial charge < -0.3 is 19.5 Å². The molecule has 0 aromatic heterocycles. The van der Waals surface area contributed by atoms with Crippen LogP contribution >= 0.6 is 0 Å². The highest BCUT2D eigenvalue weighted by molar-refractivity contribution is 7.89. The van der Waals surface area contributed by atoms with Crippen LogP contribution in [-0.4, -0.2) is 59.2 Å². The third-order valence-corrected chi connectivity index (χ3v) is 6.69. The Kier molecular flexibility index (Phi) is 6.41. The number of nitrogens with one attached hydrogen (secondary N) is 1. The van der Waals surface area contributed by atoms with Gasteiger partial charge in [-0.1, -0.05) is 6.07 Å². The molecule has 0 atom stereocenters. The Morgan fingerprint density at radius 1 is 1.03 bits per heavy atom. The van der Waals surface area contributed by atoms with E-state index in [-0.39, 0.29) is 10.5 Å². The number of ether oxygens (including phenoxy) is 3. The SMILES string of the molecule is COc1cc(NC(=O)c2ccc(C)c(S(=O)(=O)N3CCOCC3)c2)cc(OC)c1. The number of anilines is 1. The molecule has 0 saturated carbocycles. The molecule has 1 aliphatic heterocycles. The van der Waals surface area contributed by atoms with Gasteiger partial charge in [0.15, 0.2) is 0 Å². The van der Waals surface area contributed by atoms with E-state index in [1.807, 2.05) is 0 Å². The van der Waals surface area contributed by atoms with Gasteiger partial charge in [0.2, 0.25) is 10.0 Å². The number of hydrogen-bond donors (Lipinski definition) is 1. The smallest absolute Gasteiger partial charge is 0.255 e. The maximum atomic E-state index is 13.0. The third-order valence-electron chi connectivity index (χ3n) is 4.65. The van der Waals surface area contributed by atoms with Crippen LogP contribution in [-0.2, 0) is 14.8 Å². The molecule has 0 radical (unpaired) electrons. The quantitative estimate of drug-likeness (QED) is 0.771. The van der Waals surface area contributed by atoms with Crippen LogP contribution in [0.4, 0.5) is 5.69 Å². The summed E-state index contributed by atoms with van der Waals surface area (Å²) >= 11 is 0. The largest absolute Gasteiger partial charge is 0.497 e. The summed E-state index contributed by atoms with van der Waals surface area (Å²) in [7, 11) is -0.676. The summed E-state index contributed by atoms with van der Waals surface area (Å²) in [6, 6.07) is 9.64. The van der Waals surface area contributed by atoms with Gasteiger partial charge in [0.25, 0.3) is 5.91 Å². The van der Waals surface area contributed by atoms with Crippen LogP contribution < -0.4 is 14.8 Å². The second kappa shape index (κ2) is 8.81. The minimum absolute atomic E-state index is 0.121. The number of hydrogen-bond acceptors (Lipinski definition) is 6. The van der Waals surface area contributed by atoms with Gasteiger partial charge in [-0.3, -0.25) is 4.79 Å². The molecular weight excluding hydrogens is 396 g/mol. The van der Waals surface area contributed by atoms with Gasteiger partial charge in [0, 0.05) is 42.5 Å². The first-order valence-corrected chi connectivity index (χ1v) is 10.5. The van der Waals surface area contributed by atoms with Crippen molar-refractivity contribution >= 4 is 21.6 Å². The maximum Gasteiger partial charge on any atom is 0.255 e. The summed E-state index contributed by atoms with van der Waals surface area (Å²) in [5, 5.41) is 2.76. The molecule has 0 unspecified atom stereocenters. The first-order valence-electron chi connectivity index (χ1n) is 9.08. The lowest BCUT2D eigenvalue weighted by Crippen LogP contribution is -2.40. The summed E-state index contributed by atoms with van der Waals surface area (Å²) in [4.78, 5) is 12.9. The lowest BCUT2D eigenvalue weighted by atomic mass is 10.1. The van der Waals surface area contributed by atoms with E-state index in [2.05, 4.69) is 5.32 Å². The molecule has 156 valence electrons. The molecule has 29 heavy (non-hydrogen) atoms. The van der Waals surface area contributed by atoms with Gasteiger partial charge in [-0.25, -0.2) is 8.42 Å². The van der Waals surface area contributed by atoms with E-state index in [0.717, 1.165) is 0 Å². The van der Waals surface area contributed by atoms with Crippen molar-refractivity contribution in [1.82, 2.24) is 4.31 Å². The number of benzene rings is 2. The average Bonchev–Trinajstić information content (AvgIpc) is 2.74. The van der Waals surface area contributed by atoms with Crippen LogP contribution in [0.15, 0.2) is 41.3 Å². The molecule has 0 spiro atoms. The number of nitrogens with zero attached hydrogens (tertiary/aromatic N) is 1. The van der Waals surface area contributed by atoms with Gasteiger partial charge in [0.1, 0.15) is 11.5 Å². The number of sulfonamides is 1. The van der Waals surface area contributed by atoms with Crippen molar-refractivity contribution in [3.63, 3.8) is 0 Å². The van der Waals surface area contributed by atoms with Crippen LogP contribution in [0.3, 0.4) is 0 Å². The lowest BCUT2D eigenvalue weighted by Gasteiger charge is -2.26. The summed E-state index contributed by atoms with van der Waals surface area (Å²) in [6.07, 6.45) is 0. The topological polar surface area (TPSA) is 94.2 Å². The minimum atomic E-state index is -3.71. The molecule has 9 heteroatoms. The molecule has 0 aliphatic carbocycles. The van der Waals surface area contributed by atoms with E-state index >= 15 is 0 Å². The zero-order valence-corrected chi connectivity index (χ0v) is 17.4. The van der Waals surface area contributed by atoms with E-state index in [9.17, 15) is 13.2 Å². The Morgan fingerprint density at radius 3 is 2.24 bits per heavy atom. The summed E-state index contributed by atoms with van der Waals surface area (Å²) in [5.41, 5.74) is 1.30. The predicted octanol–water partition coefficient (Wildman–Crippen LogP) is 2.29. The molecule has 1 heterocycles. The van der Waals surface area contributed by atoms with E-state index in [0.29, 0.717) is 49.1 Å². The fourth-order valence-electron chi connectivity index (χ4n) is 3.03. The number of carbonyl (C=O) groups excluding carboxylic acids is 1. The van der Waals surface area contributed by atoms with Crippen molar-refractivity contribution in [3.8, 4) is 11.5 Å². The molecule has 2 aromatic carbocycles. The van der Waals surface area contributed by atoms with Crippen LogP contribution in [0.5, 0.6) is 11.5 Å². The first kappa shape index (κ1) is 21.1. The monoisotopic (exact) mass is 420 g/mol. The van der Waals surface area contributed by atoms with Gasteiger partial charge >= 0.3 is 0 Å². The van der Waals surface area contributed by atoms with Gasteiger partial charge in [-0.15, -0.1) is 0 Å². The minimum Gasteiger partial charge on any atom is -0.497 e. The highest BCUT2D eigenvalue weighted by Crippen LogP contribution is 2.27. The normalized spacial score (nSPS) is 15.0. The van der Waals surface area contributed by atoms with Crippen molar-refractivity contribution in [2.75, 3.05) is 45.8 Å². The maximum absolute atomic E-state index is 13.0. The van der Waals surface area contributed by atoms with E-state index in [1.165, 1.54) is 24.6 Å². The third kappa shape index (κ3) is 4.69. The van der Waals surface area contributed by atoms with Crippen molar-refractivity contribution in [2.24, 2.45) is 0 Å².